The van der Waals surface area contributed by atoms with Crippen molar-refractivity contribution in [2.45, 2.75) is 6.54 Å². The van der Waals surface area contributed by atoms with Crippen molar-refractivity contribution in [1.29, 1.82) is 0 Å². The molecular formula is C13H13N3O4. The van der Waals surface area contributed by atoms with Gasteiger partial charge in [-0.05, 0) is 24.3 Å². The van der Waals surface area contributed by atoms with Crippen LogP contribution in [0.5, 0.6) is 5.75 Å². The highest BCUT2D eigenvalue weighted by Crippen LogP contribution is 2.09. The van der Waals surface area contributed by atoms with Crippen LogP contribution in [0.3, 0.4) is 0 Å². The van der Waals surface area contributed by atoms with E-state index in [0.717, 1.165) is 0 Å². The molecule has 1 aromatic heterocycles. The lowest BCUT2D eigenvalue weighted by Gasteiger charge is -2.05. The number of nitrogens with one attached hydrogen (secondary N) is 1. The molecule has 0 aliphatic rings. The first-order valence-corrected chi connectivity index (χ1v) is 5.88. The Morgan fingerprint density at radius 3 is 2.55 bits per heavy atom. The van der Waals surface area contributed by atoms with Gasteiger partial charge in [0.2, 0.25) is 0 Å². The first kappa shape index (κ1) is 13.6. The molecule has 0 aliphatic heterocycles. The second-order valence-electron chi connectivity index (χ2n) is 4.10. The quantitative estimate of drug-likeness (QED) is 0.745. The SMILES string of the molecule is O=C(NCCn1cnc(C(=O)O)c1)c1ccc(O)cc1. The summed E-state index contributed by atoms with van der Waals surface area (Å²) in [5.74, 6) is -1.25. The second-order valence-corrected chi connectivity index (χ2v) is 4.10. The topological polar surface area (TPSA) is 104 Å². The number of nitrogens with zero attached hydrogens (tertiary/aromatic N) is 2. The van der Waals surface area contributed by atoms with E-state index >= 15 is 0 Å². The average molecular weight is 275 g/mol. The zero-order chi connectivity index (χ0) is 14.5. The molecule has 7 heteroatoms. The summed E-state index contributed by atoms with van der Waals surface area (Å²) in [6.07, 6.45) is 2.80. The zero-order valence-corrected chi connectivity index (χ0v) is 10.5. The number of phenols is 1. The molecule has 7 nitrogen and oxygen atoms in total. The van der Waals surface area contributed by atoms with Crippen LogP contribution in [0.15, 0.2) is 36.8 Å². The maximum atomic E-state index is 11.7. The minimum absolute atomic E-state index is 0.0325. The molecule has 1 heterocycles. The number of amides is 1. The van der Waals surface area contributed by atoms with E-state index in [1.54, 1.807) is 4.57 Å². The van der Waals surface area contributed by atoms with E-state index in [2.05, 4.69) is 10.3 Å². The first-order chi connectivity index (χ1) is 9.56. The molecule has 0 unspecified atom stereocenters. The first-order valence-electron chi connectivity index (χ1n) is 5.88. The maximum absolute atomic E-state index is 11.7. The smallest absolute Gasteiger partial charge is 0.356 e. The largest absolute Gasteiger partial charge is 0.508 e. The summed E-state index contributed by atoms with van der Waals surface area (Å²) < 4.78 is 1.58. The van der Waals surface area contributed by atoms with Gasteiger partial charge in [-0.15, -0.1) is 0 Å². The van der Waals surface area contributed by atoms with Crippen molar-refractivity contribution < 1.29 is 19.8 Å². The molecular weight excluding hydrogens is 262 g/mol. The van der Waals surface area contributed by atoms with Crippen LogP contribution in [0, 0.1) is 0 Å². The maximum Gasteiger partial charge on any atom is 0.356 e. The fraction of sp³-hybridized carbons (Fsp3) is 0.154. The Hall–Kier alpha value is -2.83. The fourth-order valence-corrected chi connectivity index (χ4v) is 1.61. The van der Waals surface area contributed by atoms with Gasteiger partial charge in [-0.2, -0.15) is 0 Å². The molecule has 3 N–H and O–H groups in total. The number of carbonyl (C=O) groups excluding carboxylic acids is 1. The minimum atomic E-state index is -1.09. The molecule has 0 spiro atoms. The normalized spacial score (nSPS) is 10.2. The van der Waals surface area contributed by atoms with E-state index in [0.29, 0.717) is 18.7 Å². The van der Waals surface area contributed by atoms with Crippen molar-refractivity contribution >= 4 is 11.9 Å². The summed E-state index contributed by atoms with van der Waals surface area (Å²) in [7, 11) is 0. The van der Waals surface area contributed by atoms with Gasteiger partial charge in [-0.3, -0.25) is 4.79 Å². The summed E-state index contributed by atoms with van der Waals surface area (Å²) in [5, 5.41) is 20.5. The molecule has 2 aromatic rings. The number of rotatable bonds is 5. The second kappa shape index (κ2) is 5.87. The van der Waals surface area contributed by atoms with Gasteiger partial charge in [0, 0.05) is 24.8 Å². The Morgan fingerprint density at radius 1 is 1.25 bits per heavy atom. The lowest BCUT2D eigenvalue weighted by atomic mass is 10.2. The van der Waals surface area contributed by atoms with E-state index in [4.69, 9.17) is 10.2 Å². The van der Waals surface area contributed by atoms with Crippen LogP contribution in [0.25, 0.3) is 0 Å². The summed E-state index contributed by atoms with van der Waals surface area (Å²) in [5.41, 5.74) is 0.412. The number of imidazole rings is 1. The van der Waals surface area contributed by atoms with Crippen LogP contribution in [0.4, 0.5) is 0 Å². The Kier molecular flexibility index (Phi) is 3.99. The van der Waals surface area contributed by atoms with Gasteiger partial charge in [0.1, 0.15) is 5.75 Å². The number of hydrogen-bond acceptors (Lipinski definition) is 4. The Morgan fingerprint density at radius 2 is 1.95 bits per heavy atom. The van der Waals surface area contributed by atoms with Gasteiger partial charge in [-0.1, -0.05) is 0 Å². The summed E-state index contributed by atoms with van der Waals surface area (Å²) in [4.78, 5) is 26.1. The number of hydrogen-bond donors (Lipinski definition) is 3. The number of aromatic nitrogens is 2. The Labute approximate surface area is 114 Å². The van der Waals surface area contributed by atoms with Gasteiger partial charge in [0.25, 0.3) is 5.91 Å². The van der Waals surface area contributed by atoms with Crippen molar-refractivity contribution in [3.05, 3.63) is 48.0 Å². The Bertz CT molecular complexity index is 619. The standard InChI is InChI=1S/C13H13N3O4/c17-10-3-1-9(2-4-10)12(18)14-5-6-16-7-11(13(19)20)15-8-16/h1-4,7-8,17H,5-6H2,(H,14,18)(H,19,20). The van der Waals surface area contributed by atoms with Crippen molar-refractivity contribution in [2.24, 2.45) is 0 Å². The van der Waals surface area contributed by atoms with Crippen LogP contribution in [-0.2, 0) is 6.54 Å². The van der Waals surface area contributed by atoms with E-state index in [1.807, 2.05) is 0 Å². The summed E-state index contributed by atoms with van der Waals surface area (Å²) in [6, 6.07) is 5.91. The molecule has 104 valence electrons. The van der Waals surface area contributed by atoms with Gasteiger partial charge < -0.3 is 20.1 Å². The molecule has 0 bridgehead atoms. The fourth-order valence-electron chi connectivity index (χ4n) is 1.61. The van der Waals surface area contributed by atoms with E-state index in [-0.39, 0.29) is 17.4 Å². The average Bonchev–Trinajstić information content (AvgIpc) is 2.88. The van der Waals surface area contributed by atoms with Crippen LogP contribution in [-0.4, -0.2) is 38.2 Å². The van der Waals surface area contributed by atoms with Crippen LogP contribution < -0.4 is 5.32 Å². The van der Waals surface area contributed by atoms with E-state index in [1.165, 1.54) is 36.8 Å². The van der Waals surface area contributed by atoms with E-state index < -0.39 is 5.97 Å². The highest BCUT2D eigenvalue weighted by atomic mass is 16.4. The summed E-state index contributed by atoms with van der Waals surface area (Å²) >= 11 is 0. The third-order valence-electron chi connectivity index (χ3n) is 2.64. The van der Waals surface area contributed by atoms with Gasteiger partial charge in [0.15, 0.2) is 5.69 Å². The number of carboxylic acids is 1. The number of aromatic carboxylic acids is 1. The van der Waals surface area contributed by atoms with E-state index in [9.17, 15) is 9.59 Å². The van der Waals surface area contributed by atoms with Gasteiger partial charge in [-0.25, -0.2) is 9.78 Å². The van der Waals surface area contributed by atoms with Crippen molar-refractivity contribution in [3.63, 3.8) is 0 Å². The molecule has 0 saturated carbocycles. The highest BCUT2D eigenvalue weighted by molar-refractivity contribution is 5.94. The molecule has 0 radical (unpaired) electrons. The molecule has 0 saturated heterocycles. The Balaban J connectivity index is 1.84. The molecule has 20 heavy (non-hydrogen) atoms. The lowest BCUT2D eigenvalue weighted by molar-refractivity contribution is 0.0690. The van der Waals surface area contributed by atoms with Gasteiger partial charge in [0.05, 0.1) is 6.33 Å². The third kappa shape index (κ3) is 3.35. The monoisotopic (exact) mass is 275 g/mol. The number of aromatic hydroxyl groups is 1. The molecule has 0 fully saturated rings. The number of carboxylic acid groups (broad SMARTS) is 1. The predicted molar refractivity (Wildman–Crippen MR) is 69.6 cm³/mol. The molecule has 1 amide bonds. The number of phenolic OH excluding ortho intramolecular Hbond substituents is 1. The highest BCUT2D eigenvalue weighted by Gasteiger charge is 2.07. The summed E-state index contributed by atoms with van der Waals surface area (Å²) in [6.45, 7) is 0.763. The number of benzene rings is 1. The van der Waals surface area contributed by atoms with Gasteiger partial charge >= 0.3 is 5.97 Å². The molecule has 0 aliphatic carbocycles. The third-order valence-corrected chi connectivity index (χ3v) is 2.64. The zero-order valence-electron chi connectivity index (χ0n) is 10.5. The predicted octanol–water partition coefficient (Wildman–Crippen LogP) is 0.717. The van der Waals surface area contributed by atoms with Crippen LogP contribution in [0.1, 0.15) is 20.8 Å². The van der Waals surface area contributed by atoms with Crippen molar-refractivity contribution in [3.8, 4) is 5.75 Å². The van der Waals surface area contributed by atoms with Crippen LogP contribution in [0.2, 0.25) is 0 Å². The van der Waals surface area contributed by atoms with Crippen molar-refractivity contribution in [2.75, 3.05) is 6.54 Å². The molecule has 0 atom stereocenters. The molecule has 1 aromatic carbocycles. The van der Waals surface area contributed by atoms with Crippen LogP contribution >= 0.6 is 0 Å². The lowest BCUT2D eigenvalue weighted by Crippen LogP contribution is -2.26. The minimum Gasteiger partial charge on any atom is -0.508 e. The molecule has 2 rings (SSSR count). The van der Waals surface area contributed by atoms with Crippen molar-refractivity contribution in [1.82, 2.24) is 14.9 Å². The number of carbonyl (C=O) groups is 2.